The van der Waals surface area contributed by atoms with Gasteiger partial charge in [0.2, 0.25) is 5.91 Å². The van der Waals surface area contributed by atoms with Crippen molar-refractivity contribution in [1.82, 2.24) is 14.8 Å². The second kappa shape index (κ2) is 8.26. The number of amides is 1. The van der Waals surface area contributed by atoms with Crippen molar-refractivity contribution in [2.45, 2.75) is 11.4 Å². The van der Waals surface area contributed by atoms with Crippen LogP contribution in [0.5, 0.6) is 0 Å². The van der Waals surface area contributed by atoms with Gasteiger partial charge in [0.25, 0.3) is 0 Å². The molecule has 0 spiro atoms. The summed E-state index contributed by atoms with van der Waals surface area (Å²) in [6, 6.07) is 12.5. The number of hydrogen-bond donors (Lipinski definition) is 0. The molecule has 1 aliphatic rings. The van der Waals surface area contributed by atoms with E-state index in [0.717, 1.165) is 25.3 Å². The molecule has 0 N–H and O–H groups in total. The van der Waals surface area contributed by atoms with Gasteiger partial charge in [0, 0.05) is 43.8 Å². The number of nitrogens with zero attached hydrogens (tertiary/aromatic N) is 3. The predicted octanol–water partition coefficient (Wildman–Crippen LogP) is 2.66. The zero-order valence-electron chi connectivity index (χ0n) is 13.4. The second-order valence-electron chi connectivity index (χ2n) is 5.70. The lowest BCUT2D eigenvalue weighted by atomic mass is 10.2. The first-order chi connectivity index (χ1) is 11.7. The molecule has 3 rings (SSSR count). The van der Waals surface area contributed by atoms with E-state index in [0.29, 0.717) is 18.0 Å². The number of pyridine rings is 1. The summed E-state index contributed by atoms with van der Waals surface area (Å²) in [5.74, 6) is 0.0810. The molecule has 4 nitrogen and oxygen atoms in total. The highest BCUT2D eigenvalue weighted by molar-refractivity contribution is 8.00. The Morgan fingerprint density at radius 1 is 1.08 bits per heavy atom. The maximum atomic E-state index is 13.6. The van der Waals surface area contributed by atoms with Crippen molar-refractivity contribution < 1.29 is 9.18 Å². The van der Waals surface area contributed by atoms with Gasteiger partial charge in [-0.1, -0.05) is 18.2 Å². The van der Waals surface area contributed by atoms with E-state index in [1.54, 1.807) is 24.4 Å². The number of rotatable bonds is 5. The molecule has 1 aromatic carbocycles. The summed E-state index contributed by atoms with van der Waals surface area (Å²) in [7, 11) is 0. The molecule has 126 valence electrons. The Bertz CT molecular complexity index is 675. The zero-order chi connectivity index (χ0) is 16.8. The second-order valence-corrected chi connectivity index (χ2v) is 6.71. The van der Waals surface area contributed by atoms with Gasteiger partial charge in [-0.2, -0.15) is 0 Å². The fourth-order valence-corrected chi connectivity index (χ4v) is 3.51. The maximum absolute atomic E-state index is 13.6. The smallest absolute Gasteiger partial charge is 0.233 e. The standard InChI is InChI=1S/C18H20FN3OS/c19-16-6-1-2-7-17(16)24-14-18(23)22-11-9-21(10-12-22)13-15-5-3-4-8-20-15/h1-8H,9-14H2. The summed E-state index contributed by atoms with van der Waals surface area (Å²) < 4.78 is 13.6. The predicted molar refractivity (Wildman–Crippen MR) is 93.2 cm³/mol. The fourth-order valence-electron chi connectivity index (χ4n) is 2.67. The largest absolute Gasteiger partial charge is 0.339 e. The van der Waals surface area contributed by atoms with Crippen LogP contribution in [0.1, 0.15) is 5.69 Å². The van der Waals surface area contributed by atoms with Crippen LogP contribution < -0.4 is 0 Å². The van der Waals surface area contributed by atoms with Crippen molar-refractivity contribution in [3.8, 4) is 0 Å². The first-order valence-corrected chi connectivity index (χ1v) is 8.98. The summed E-state index contributed by atoms with van der Waals surface area (Å²) in [4.78, 5) is 21.3. The Hall–Kier alpha value is -1.92. The Labute approximate surface area is 145 Å². The van der Waals surface area contributed by atoms with Gasteiger partial charge in [0.05, 0.1) is 11.4 Å². The third-order valence-electron chi connectivity index (χ3n) is 4.02. The molecule has 1 fully saturated rings. The number of halogens is 1. The van der Waals surface area contributed by atoms with Crippen LogP contribution in [0.2, 0.25) is 0 Å². The van der Waals surface area contributed by atoms with Crippen LogP contribution in [0.4, 0.5) is 4.39 Å². The number of aromatic nitrogens is 1. The van der Waals surface area contributed by atoms with Gasteiger partial charge >= 0.3 is 0 Å². The van der Waals surface area contributed by atoms with Crippen LogP contribution >= 0.6 is 11.8 Å². The van der Waals surface area contributed by atoms with Crippen molar-refractivity contribution in [2.24, 2.45) is 0 Å². The quantitative estimate of drug-likeness (QED) is 0.781. The number of hydrogen-bond acceptors (Lipinski definition) is 4. The number of benzene rings is 1. The van der Waals surface area contributed by atoms with Crippen LogP contribution in [-0.2, 0) is 11.3 Å². The van der Waals surface area contributed by atoms with E-state index in [9.17, 15) is 9.18 Å². The highest BCUT2D eigenvalue weighted by atomic mass is 32.2. The first-order valence-electron chi connectivity index (χ1n) is 8.00. The summed E-state index contributed by atoms with van der Waals surface area (Å²) in [6.07, 6.45) is 1.80. The molecule has 2 heterocycles. The van der Waals surface area contributed by atoms with Crippen molar-refractivity contribution in [3.05, 3.63) is 60.2 Å². The minimum atomic E-state index is -0.268. The monoisotopic (exact) mass is 345 g/mol. The van der Waals surface area contributed by atoms with E-state index in [1.165, 1.54) is 17.8 Å². The minimum absolute atomic E-state index is 0.0701. The van der Waals surface area contributed by atoms with Crippen molar-refractivity contribution in [2.75, 3.05) is 31.9 Å². The molecule has 1 amide bonds. The summed E-state index contributed by atoms with van der Waals surface area (Å²) >= 11 is 1.26. The maximum Gasteiger partial charge on any atom is 0.233 e. The number of piperazine rings is 1. The summed E-state index contributed by atoms with van der Waals surface area (Å²) in [6.45, 7) is 3.92. The summed E-state index contributed by atoms with van der Waals surface area (Å²) in [5.41, 5.74) is 1.05. The van der Waals surface area contributed by atoms with Gasteiger partial charge in [0.1, 0.15) is 5.82 Å². The average molecular weight is 345 g/mol. The molecule has 1 aromatic heterocycles. The van der Waals surface area contributed by atoms with Crippen LogP contribution in [0.15, 0.2) is 53.6 Å². The molecule has 0 atom stereocenters. The topological polar surface area (TPSA) is 36.4 Å². The minimum Gasteiger partial charge on any atom is -0.339 e. The van der Waals surface area contributed by atoms with E-state index >= 15 is 0 Å². The van der Waals surface area contributed by atoms with E-state index < -0.39 is 0 Å². The third kappa shape index (κ3) is 4.55. The molecule has 2 aromatic rings. The van der Waals surface area contributed by atoms with Crippen molar-refractivity contribution in [1.29, 1.82) is 0 Å². The molecule has 1 saturated heterocycles. The molecule has 0 aliphatic carbocycles. The number of carbonyl (C=O) groups is 1. The Balaban J connectivity index is 1.44. The Morgan fingerprint density at radius 3 is 2.54 bits per heavy atom. The lowest BCUT2D eigenvalue weighted by molar-refractivity contribution is -0.130. The van der Waals surface area contributed by atoms with Gasteiger partial charge in [-0.25, -0.2) is 4.39 Å². The molecular weight excluding hydrogens is 325 g/mol. The zero-order valence-corrected chi connectivity index (χ0v) is 14.2. The van der Waals surface area contributed by atoms with Crippen molar-refractivity contribution >= 4 is 17.7 Å². The van der Waals surface area contributed by atoms with Gasteiger partial charge in [-0.3, -0.25) is 14.7 Å². The Morgan fingerprint density at radius 2 is 1.83 bits per heavy atom. The molecular formula is C18H20FN3OS. The molecule has 0 saturated carbocycles. The van der Waals surface area contributed by atoms with E-state index in [1.807, 2.05) is 23.1 Å². The molecule has 0 bridgehead atoms. The van der Waals surface area contributed by atoms with Crippen LogP contribution in [-0.4, -0.2) is 52.6 Å². The SMILES string of the molecule is O=C(CSc1ccccc1F)N1CCN(Cc2ccccn2)CC1. The van der Waals surface area contributed by atoms with Gasteiger partial charge in [-0.15, -0.1) is 11.8 Å². The molecule has 1 aliphatic heterocycles. The third-order valence-corrected chi connectivity index (χ3v) is 5.06. The average Bonchev–Trinajstić information content (AvgIpc) is 2.62. The van der Waals surface area contributed by atoms with Gasteiger partial charge in [-0.05, 0) is 24.3 Å². The first kappa shape index (κ1) is 16.9. The van der Waals surface area contributed by atoms with Crippen LogP contribution in [0.3, 0.4) is 0 Å². The van der Waals surface area contributed by atoms with Gasteiger partial charge < -0.3 is 4.90 Å². The number of carbonyl (C=O) groups excluding carboxylic acids is 1. The highest BCUT2D eigenvalue weighted by Gasteiger charge is 2.21. The lowest BCUT2D eigenvalue weighted by Crippen LogP contribution is -2.48. The van der Waals surface area contributed by atoms with E-state index in [-0.39, 0.29) is 17.5 Å². The van der Waals surface area contributed by atoms with Gasteiger partial charge in [0.15, 0.2) is 0 Å². The van der Waals surface area contributed by atoms with Crippen LogP contribution in [0, 0.1) is 5.82 Å². The van der Waals surface area contributed by atoms with E-state index in [4.69, 9.17) is 0 Å². The van der Waals surface area contributed by atoms with Crippen molar-refractivity contribution in [3.63, 3.8) is 0 Å². The van der Waals surface area contributed by atoms with Crippen LogP contribution in [0.25, 0.3) is 0 Å². The molecule has 24 heavy (non-hydrogen) atoms. The normalized spacial score (nSPS) is 15.5. The molecule has 0 radical (unpaired) electrons. The van der Waals surface area contributed by atoms with E-state index in [2.05, 4.69) is 9.88 Å². The Kier molecular flexibility index (Phi) is 5.82. The molecule has 0 unspecified atom stereocenters. The molecule has 6 heteroatoms. The fraction of sp³-hybridized carbons (Fsp3) is 0.333. The summed E-state index contributed by atoms with van der Waals surface area (Å²) in [5, 5.41) is 0. The lowest BCUT2D eigenvalue weighted by Gasteiger charge is -2.34. The highest BCUT2D eigenvalue weighted by Crippen LogP contribution is 2.21. The number of thioether (sulfide) groups is 1.